The molecule has 1 aromatic rings. The van der Waals surface area contributed by atoms with Crippen molar-refractivity contribution >= 4 is 11.7 Å². The Morgan fingerprint density at radius 1 is 1.26 bits per heavy atom. The molecule has 1 aliphatic heterocycles. The van der Waals surface area contributed by atoms with Gasteiger partial charge in [0.2, 0.25) is 0 Å². The van der Waals surface area contributed by atoms with Gasteiger partial charge in [-0.25, -0.2) is 14.4 Å². The van der Waals surface area contributed by atoms with E-state index >= 15 is 0 Å². The highest BCUT2D eigenvalue weighted by Crippen LogP contribution is 2.31. The largest absolute Gasteiger partial charge is 0.451 e. The highest BCUT2D eigenvalue weighted by atomic mass is 19.1. The van der Waals surface area contributed by atoms with Crippen LogP contribution in [-0.4, -0.2) is 72.3 Å². The standard InChI is InChI=1S/C29H42FN5O3/c1-4-35(21(2)3)29(36)25-12-10-23(30)11-13-26(25)38-27-18-32-20-33-28(27)34-14-15-37-24(19-34)17-31-16-22-8-6-5-7-9-22/h10-11,13,18,20-22,24,31H,4-9,12,14-17,19H2,1-3H3. The number of ether oxygens (including phenoxy) is 2. The van der Waals surface area contributed by atoms with Gasteiger partial charge in [-0.1, -0.05) is 19.3 Å². The van der Waals surface area contributed by atoms with E-state index in [-0.39, 0.29) is 24.5 Å². The average Bonchev–Trinajstić information content (AvgIpc) is 3.11. The second kappa shape index (κ2) is 13.8. The molecule has 0 aromatic carbocycles. The highest BCUT2D eigenvalue weighted by Gasteiger charge is 2.27. The van der Waals surface area contributed by atoms with E-state index in [0.717, 1.165) is 19.0 Å². The minimum Gasteiger partial charge on any atom is -0.451 e. The number of hydrogen-bond donors (Lipinski definition) is 1. The molecule has 1 saturated heterocycles. The third-order valence-electron chi connectivity index (χ3n) is 7.52. The molecule has 2 aliphatic carbocycles. The monoisotopic (exact) mass is 527 g/mol. The summed E-state index contributed by atoms with van der Waals surface area (Å²) in [6.45, 7) is 10.2. The van der Waals surface area contributed by atoms with Crippen LogP contribution in [0.3, 0.4) is 0 Å². The van der Waals surface area contributed by atoms with Gasteiger partial charge in [0.15, 0.2) is 11.6 Å². The summed E-state index contributed by atoms with van der Waals surface area (Å²) >= 11 is 0. The number of nitrogens with one attached hydrogen (secondary N) is 1. The molecule has 2 heterocycles. The minimum absolute atomic E-state index is 0.00920. The Hall–Kier alpha value is -2.78. The Kier molecular flexibility index (Phi) is 10.3. The second-order valence-corrected chi connectivity index (χ2v) is 10.6. The molecule has 38 heavy (non-hydrogen) atoms. The van der Waals surface area contributed by atoms with Gasteiger partial charge in [-0.05, 0) is 64.3 Å². The molecule has 1 N–H and O–H groups in total. The van der Waals surface area contributed by atoms with Crippen molar-refractivity contribution in [3.05, 3.63) is 47.9 Å². The Morgan fingerprint density at radius 2 is 2.08 bits per heavy atom. The lowest BCUT2D eigenvalue weighted by atomic mass is 9.89. The van der Waals surface area contributed by atoms with Gasteiger partial charge in [-0.2, -0.15) is 0 Å². The third-order valence-corrected chi connectivity index (χ3v) is 7.52. The molecule has 1 unspecified atom stereocenters. The quantitative estimate of drug-likeness (QED) is 0.478. The van der Waals surface area contributed by atoms with Crippen LogP contribution in [0, 0.1) is 5.92 Å². The minimum atomic E-state index is -0.400. The number of morpholine rings is 1. The van der Waals surface area contributed by atoms with Crippen molar-refractivity contribution < 1.29 is 18.7 Å². The number of halogens is 1. The maximum absolute atomic E-state index is 14.2. The van der Waals surface area contributed by atoms with Gasteiger partial charge >= 0.3 is 0 Å². The van der Waals surface area contributed by atoms with Crippen LogP contribution in [0.25, 0.3) is 0 Å². The number of allylic oxidation sites excluding steroid dienone is 4. The molecule has 0 radical (unpaired) electrons. The number of anilines is 1. The number of likely N-dealkylation sites (N-methyl/N-ethyl adjacent to an activating group) is 1. The zero-order chi connectivity index (χ0) is 26.9. The predicted molar refractivity (Wildman–Crippen MR) is 147 cm³/mol. The van der Waals surface area contributed by atoms with E-state index in [1.807, 2.05) is 20.8 Å². The molecule has 208 valence electrons. The molecule has 0 spiro atoms. The molecule has 1 atom stereocenters. The Labute approximate surface area is 226 Å². The highest BCUT2D eigenvalue weighted by molar-refractivity contribution is 5.95. The first-order valence-corrected chi connectivity index (χ1v) is 14.1. The van der Waals surface area contributed by atoms with Crippen LogP contribution in [0.1, 0.15) is 59.3 Å². The molecule has 9 heteroatoms. The fourth-order valence-electron chi connectivity index (χ4n) is 5.44. The summed E-state index contributed by atoms with van der Waals surface area (Å²) in [4.78, 5) is 26.0. The van der Waals surface area contributed by atoms with Crippen LogP contribution < -0.4 is 15.0 Å². The van der Waals surface area contributed by atoms with Crippen molar-refractivity contribution in [3.8, 4) is 5.75 Å². The molecule has 0 bridgehead atoms. The van der Waals surface area contributed by atoms with E-state index in [1.54, 1.807) is 11.1 Å². The Morgan fingerprint density at radius 3 is 2.84 bits per heavy atom. The van der Waals surface area contributed by atoms with Crippen LogP contribution in [0.15, 0.2) is 47.9 Å². The fourth-order valence-corrected chi connectivity index (χ4v) is 5.44. The summed E-state index contributed by atoms with van der Waals surface area (Å²) in [6, 6.07) is 0.00920. The topological polar surface area (TPSA) is 79.8 Å². The van der Waals surface area contributed by atoms with Gasteiger partial charge in [-0.3, -0.25) is 4.79 Å². The summed E-state index contributed by atoms with van der Waals surface area (Å²) in [6.07, 6.45) is 14.2. The van der Waals surface area contributed by atoms with E-state index in [4.69, 9.17) is 9.47 Å². The van der Waals surface area contributed by atoms with Crippen molar-refractivity contribution in [3.63, 3.8) is 0 Å². The number of carbonyl (C=O) groups excluding carboxylic acids is 1. The zero-order valence-corrected chi connectivity index (χ0v) is 23.0. The van der Waals surface area contributed by atoms with Crippen LogP contribution in [0.2, 0.25) is 0 Å². The summed E-state index contributed by atoms with van der Waals surface area (Å²) in [5.41, 5.74) is 0.408. The molecule has 3 aliphatic rings. The van der Waals surface area contributed by atoms with Crippen molar-refractivity contribution in [1.82, 2.24) is 20.2 Å². The lowest BCUT2D eigenvalue weighted by molar-refractivity contribution is -0.128. The summed E-state index contributed by atoms with van der Waals surface area (Å²) in [5, 5.41) is 3.62. The molecule has 1 amide bonds. The van der Waals surface area contributed by atoms with Crippen LogP contribution in [-0.2, 0) is 9.53 Å². The molecular weight excluding hydrogens is 485 g/mol. The molecule has 8 nitrogen and oxygen atoms in total. The predicted octanol–water partition coefficient (Wildman–Crippen LogP) is 4.55. The van der Waals surface area contributed by atoms with Crippen molar-refractivity contribution in [1.29, 1.82) is 0 Å². The number of aromatic nitrogens is 2. The Balaban J connectivity index is 1.48. The lowest BCUT2D eigenvalue weighted by Crippen LogP contribution is -2.47. The SMILES string of the molecule is CCN(C(=O)C1=C(Oc2cncnc2N2CCOC(CNCC3CCCCC3)C2)C=CC(F)=CC1)C(C)C. The maximum atomic E-state index is 14.2. The molecule has 2 fully saturated rings. The van der Waals surface area contributed by atoms with Gasteiger partial charge in [0.05, 0.1) is 24.5 Å². The smallest absolute Gasteiger partial charge is 0.254 e. The van der Waals surface area contributed by atoms with E-state index in [9.17, 15) is 9.18 Å². The summed E-state index contributed by atoms with van der Waals surface area (Å²) in [7, 11) is 0. The van der Waals surface area contributed by atoms with Crippen molar-refractivity contribution in [2.75, 3.05) is 44.2 Å². The van der Waals surface area contributed by atoms with E-state index in [0.29, 0.717) is 49.1 Å². The number of amides is 1. The third kappa shape index (κ3) is 7.41. The van der Waals surface area contributed by atoms with E-state index < -0.39 is 5.83 Å². The molecule has 1 aromatic heterocycles. The van der Waals surface area contributed by atoms with Crippen LogP contribution in [0.4, 0.5) is 10.2 Å². The summed E-state index contributed by atoms with van der Waals surface area (Å²) < 4.78 is 26.5. The Bertz CT molecular complexity index is 1030. The number of nitrogens with zero attached hydrogens (tertiary/aromatic N) is 4. The van der Waals surface area contributed by atoms with Crippen molar-refractivity contribution in [2.24, 2.45) is 5.92 Å². The average molecular weight is 528 g/mol. The number of hydrogen-bond acceptors (Lipinski definition) is 7. The van der Waals surface area contributed by atoms with Gasteiger partial charge < -0.3 is 24.6 Å². The first-order valence-electron chi connectivity index (χ1n) is 14.1. The second-order valence-electron chi connectivity index (χ2n) is 10.6. The van der Waals surface area contributed by atoms with Gasteiger partial charge in [0.25, 0.3) is 5.91 Å². The maximum Gasteiger partial charge on any atom is 0.254 e. The first-order chi connectivity index (χ1) is 18.5. The number of carbonyl (C=O) groups is 1. The van der Waals surface area contributed by atoms with E-state index in [2.05, 4.69) is 20.2 Å². The fraction of sp³-hybridized carbons (Fsp3) is 0.621. The van der Waals surface area contributed by atoms with Crippen molar-refractivity contribution in [2.45, 2.75) is 71.4 Å². The van der Waals surface area contributed by atoms with Crippen LogP contribution in [0.5, 0.6) is 5.75 Å². The van der Waals surface area contributed by atoms with Gasteiger partial charge in [0.1, 0.15) is 17.9 Å². The number of rotatable bonds is 10. The summed E-state index contributed by atoms with van der Waals surface area (Å²) in [5.74, 6) is 1.59. The van der Waals surface area contributed by atoms with Gasteiger partial charge in [0, 0.05) is 38.6 Å². The van der Waals surface area contributed by atoms with Crippen LogP contribution >= 0.6 is 0 Å². The first kappa shape index (κ1) is 28.2. The lowest BCUT2D eigenvalue weighted by Gasteiger charge is -2.35. The molecule has 1 saturated carbocycles. The molecule has 4 rings (SSSR count). The molecular formula is C29H42FN5O3. The normalized spacial score (nSPS) is 20.9. The van der Waals surface area contributed by atoms with E-state index in [1.165, 1.54) is 56.7 Å². The zero-order valence-electron chi connectivity index (χ0n) is 23.0. The van der Waals surface area contributed by atoms with Gasteiger partial charge in [-0.15, -0.1) is 0 Å².